The summed E-state index contributed by atoms with van der Waals surface area (Å²) in [6.45, 7) is 0.376. The van der Waals surface area contributed by atoms with Crippen LogP contribution in [0.3, 0.4) is 0 Å². The standard InChI is InChI=1S/C18H20ClF2N5OS/c19-17-23-13(8-28-17)10-1-2-11(10)14-24-15-12(16(27)25-14)7-22-26(15)9-3-5-18(20,21)6-4-9/h8-11,22H,1-7H2,(H,24,25,27)/t10?,11-/m1/s1. The Bertz CT molecular complexity index is 954. The van der Waals surface area contributed by atoms with Crippen molar-refractivity contribution in [3.8, 4) is 0 Å². The number of fused-ring (bicyclic) bond motifs is 1. The monoisotopic (exact) mass is 427 g/mol. The first-order valence-electron chi connectivity index (χ1n) is 9.56. The summed E-state index contributed by atoms with van der Waals surface area (Å²) in [5, 5.41) is 3.80. The fourth-order valence-corrected chi connectivity index (χ4v) is 5.31. The van der Waals surface area contributed by atoms with Crippen molar-refractivity contribution in [2.75, 3.05) is 5.01 Å². The molecule has 0 spiro atoms. The van der Waals surface area contributed by atoms with Crippen molar-refractivity contribution in [1.29, 1.82) is 0 Å². The smallest absolute Gasteiger partial charge is 0.257 e. The number of nitrogens with zero attached hydrogens (tertiary/aromatic N) is 3. The first kappa shape index (κ1) is 18.4. The number of hydrogen-bond acceptors (Lipinski definition) is 6. The number of H-pyrrole nitrogens is 1. The average molecular weight is 428 g/mol. The van der Waals surface area contributed by atoms with Crippen molar-refractivity contribution in [3.63, 3.8) is 0 Å². The van der Waals surface area contributed by atoms with E-state index in [1.807, 2.05) is 10.4 Å². The highest BCUT2D eigenvalue weighted by Crippen LogP contribution is 2.48. The van der Waals surface area contributed by atoms with Crippen LogP contribution in [0.2, 0.25) is 4.47 Å². The summed E-state index contributed by atoms with van der Waals surface area (Å²) in [5.74, 6) is -1.05. The van der Waals surface area contributed by atoms with Gasteiger partial charge in [-0.15, -0.1) is 11.3 Å². The lowest BCUT2D eigenvalue weighted by molar-refractivity contribution is -0.0386. The van der Waals surface area contributed by atoms with E-state index in [9.17, 15) is 13.6 Å². The van der Waals surface area contributed by atoms with E-state index in [4.69, 9.17) is 16.6 Å². The number of nitrogens with one attached hydrogen (secondary N) is 2. The third kappa shape index (κ3) is 3.13. The minimum atomic E-state index is -2.58. The van der Waals surface area contributed by atoms with E-state index in [1.165, 1.54) is 11.3 Å². The lowest BCUT2D eigenvalue weighted by Gasteiger charge is -2.36. The van der Waals surface area contributed by atoms with Crippen molar-refractivity contribution >= 4 is 28.8 Å². The molecule has 0 bridgehead atoms. The molecule has 0 radical (unpaired) electrons. The molecule has 0 amide bonds. The van der Waals surface area contributed by atoms with Gasteiger partial charge in [-0.3, -0.25) is 9.80 Å². The van der Waals surface area contributed by atoms with Crippen LogP contribution in [-0.4, -0.2) is 26.9 Å². The Hall–Kier alpha value is -1.58. The van der Waals surface area contributed by atoms with Crippen molar-refractivity contribution < 1.29 is 8.78 Å². The molecular formula is C18H20ClF2N5OS. The van der Waals surface area contributed by atoms with E-state index in [2.05, 4.69) is 15.4 Å². The van der Waals surface area contributed by atoms with Crippen LogP contribution < -0.4 is 16.0 Å². The summed E-state index contributed by atoms with van der Waals surface area (Å²) in [6.07, 6.45) is 2.40. The molecule has 2 N–H and O–H groups in total. The normalized spacial score (nSPS) is 26.9. The predicted octanol–water partition coefficient (Wildman–Crippen LogP) is 3.94. The fraction of sp³-hybridized carbons (Fsp3) is 0.611. The lowest BCUT2D eigenvalue weighted by Crippen LogP contribution is -2.45. The number of alkyl halides is 2. The quantitative estimate of drug-likeness (QED) is 0.776. The zero-order valence-corrected chi connectivity index (χ0v) is 16.6. The van der Waals surface area contributed by atoms with Gasteiger partial charge in [0.25, 0.3) is 5.56 Å². The maximum absolute atomic E-state index is 13.5. The summed E-state index contributed by atoms with van der Waals surface area (Å²) < 4.78 is 27.6. The Morgan fingerprint density at radius 3 is 2.57 bits per heavy atom. The third-order valence-electron chi connectivity index (χ3n) is 6.22. The molecule has 1 aliphatic heterocycles. The molecule has 150 valence electrons. The van der Waals surface area contributed by atoms with Gasteiger partial charge in [0, 0.05) is 42.6 Å². The molecule has 0 saturated heterocycles. The molecule has 28 heavy (non-hydrogen) atoms. The van der Waals surface area contributed by atoms with Crippen LogP contribution in [0, 0.1) is 0 Å². The average Bonchev–Trinajstić information content (AvgIpc) is 3.21. The summed E-state index contributed by atoms with van der Waals surface area (Å²) in [5.41, 5.74) is 4.55. The number of hydrogen-bond donors (Lipinski definition) is 2. The van der Waals surface area contributed by atoms with Crippen LogP contribution in [0.4, 0.5) is 14.6 Å². The maximum Gasteiger partial charge on any atom is 0.257 e. The number of halogens is 3. The Morgan fingerprint density at radius 1 is 1.18 bits per heavy atom. The molecular weight excluding hydrogens is 408 g/mol. The van der Waals surface area contributed by atoms with Gasteiger partial charge in [0.15, 0.2) is 10.3 Å². The highest BCUT2D eigenvalue weighted by molar-refractivity contribution is 7.13. The number of aromatic nitrogens is 3. The Morgan fingerprint density at radius 2 is 1.93 bits per heavy atom. The third-order valence-corrected chi connectivity index (χ3v) is 7.21. The zero-order valence-electron chi connectivity index (χ0n) is 15.1. The number of aromatic amines is 1. The first-order valence-corrected chi connectivity index (χ1v) is 10.8. The maximum atomic E-state index is 13.5. The number of thiazole rings is 1. The van der Waals surface area contributed by atoms with Crippen molar-refractivity contribution in [2.45, 2.75) is 68.9 Å². The minimum absolute atomic E-state index is 0.0717. The topological polar surface area (TPSA) is 73.9 Å². The summed E-state index contributed by atoms with van der Waals surface area (Å²) in [7, 11) is 0. The van der Waals surface area contributed by atoms with Gasteiger partial charge < -0.3 is 4.98 Å². The van der Waals surface area contributed by atoms with E-state index in [0.29, 0.717) is 41.1 Å². The highest BCUT2D eigenvalue weighted by Gasteiger charge is 2.41. The summed E-state index contributed by atoms with van der Waals surface area (Å²) >= 11 is 7.38. The van der Waals surface area contributed by atoms with Crippen LogP contribution in [0.25, 0.3) is 0 Å². The van der Waals surface area contributed by atoms with Gasteiger partial charge in [0.05, 0.1) is 11.3 Å². The second kappa shape index (κ2) is 6.74. The molecule has 0 aromatic carbocycles. The van der Waals surface area contributed by atoms with Gasteiger partial charge in [0.1, 0.15) is 5.82 Å². The second-order valence-corrected chi connectivity index (χ2v) is 9.30. The van der Waals surface area contributed by atoms with Crippen molar-refractivity contribution in [3.05, 3.63) is 37.3 Å². The molecule has 2 aromatic heterocycles. The molecule has 2 saturated carbocycles. The predicted molar refractivity (Wildman–Crippen MR) is 103 cm³/mol. The molecule has 3 heterocycles. The zero-order chi connectivity index (χ0) is 19.5. The first-order chi connectivity index (χ1) is 13.4. The molecule has 2 aliphatic carbocycles. The van der Waals surface area contributed by atoms with Crippen LogP contribution in [0.5, 0.6) is 0 Å². The van der Waals surface area contributed by atoms with Crippen molar-refractivity contribution in [1.82, 2.24) is 20.4 Å². The molecule has 3 aliphatic rings. The van der Waals surface area contributed by atoms with Gasteiger partial charge in [0.2, 0.25) is 5.92 Å². The molecule has 2 aromatic rings. The van der Waals surface area contributed by atoms with Gasteiger partial charge in [-0.25, -0.2) is 24.2 Å². The van der Waals surface area contributed by atoms with E-state index in [0.717, 1.165) is 18.5 Å². The largest absolute Gasteiger partial charge is 0.310 e. The second-order valence-electron chi connectivity index (χ2n) is 7.86. The summed E-state index contributed by atoms with van der Waals surface area (Å²) in [4.78, 5) is 24.7. The van der Waals surface area contributed by atoms with Gasteiger partial charge in [-0.2, -0.15) is 0 Å². The summed E-state index contributed by atoms with van der Waals surface area (Å²) in [6, 6.07) is -0.0717. The number of anilines is 1. The van der Waals surface area contributed by atoms with Gasteiger partial charge in [-0.1, -0.05) is 11.6 Å². The lowest BCUT2D eigenvalue weighted by atomic mass is 9.71. The van der Waals surface area contributed by atoms with E-state index < -0.39 is 5.92 Å². The van der Waals surface area contributed by atoms with E-state index in [1.54, 1.807) is 0 Å². The molecule has 10 heteroatoms. The van der Waals surface area contributed by atoms with Crippen LogP contribution in [0.15, 0.2) is 10.2 Å². The van der Waals surface area contributed by atoms with Crippen LogP contribution in [-0.2, 0) is 6.54 Å². The van der Waals surface area contributed by atoms with Crippen molar-refractivity contribution in [2.24, 2.45) is 0 Å². The number of hydrazine groups is 1. The molecule has 6 nitrogen and oxygen atoms in total. The van der Waals surface area contributed by atoms with E-state index >= 15 is 0 Å². The molecule has 2 fully saturated rings. The Kier molecular flexibility index (Phi) is 4.44. The Balaban J connectivity index is 1.42. The van der Waals surface area contributed by atoms with Crippen LogP contribution >= 0.6 is 22.9 Å². The SMILES string of the molecule is O=c1[nH]c([C@@H]2CCC2c2csc(Cl)n2)nc2c1CNN2C1CCC(F)(F)CC1. The highest BCUT2D eigenvalue weighted by atomic mass is 35.5. The molecule has 1 unspecified atom stereocenters. The molecule has 2 atom stereocenters. The Labute approximate surface area is 169 Å². The fourth-order valence-electron chi connectivity index (χ4n) is 4.48. The minimum Gasteiger partial charge on any atom is -0.310 e. The molecule has 5 rings (SSSR count). The van der Waals surface area contributed by atoms with E-state index in [-0.39, 0.29) is 36.3 Å². The van der Waals surface area contributed by atoms with Crippen LogP contribution in [0.1, 0.15) is 67.4 Å². The number of rotatable bonds is 3. The van der Waals surface area contributed by atoms with Gasteiger partial charge >= 0.3 is 0 Å². The van der Waals surface area contributed by atoms with Gasteiger partial charge in [-0.05, 0) is 25.7 Å².